The van der Waals surface area contributed by atoms with Gasteiger partial charge in [-0.05, 0) is 0 Å². The Hall–Kier alpha value is -1.34. The van der Waals surface area contributed by atoms with E-state index in [0.717, 1.165) is 0 Å². The summed E-state index contributed by atoms with van der Waals surface area (Å²) < 4.78 is 13.1. The summed E-state index contributed by atoms with van der Waals surface area (Å²) in [5.41, 5.74) is 7.63. The van der Waals surface area contributed by atoms with Crippen LogP contribution in [0.1, 0.15) is 6.42 Å². The van der Waals surface area contributed by atoms with Crippen LogP contribution >= 0.6 is 0 Å². The molecular formula is C7H11FN4O2. The Balaban J connectivity index is 2.08. The fraction of sp³-hybridized carbons (Fsp3) is 0.571. The molecule has 0 aromatic rings. The van der Waals surface area contributed by atoms with Crippen LogP contribution in [0.2, 0.25) is 0 Å². The number of alkyl halides is 1. The maximum absolute atomic E-state index is 13.1. The first-order valence-corrected chi connectivity index (χ1v) is 4.25. The topological polar surface area (TPSA) is 70.8 Å². The van der Waals surface area contributed by atoms with E-state index >= 15 is 0 Å². The monoisotopic (exact) mass is 202 g/mol. The lowest BCUT2D eigenvalue weighted by atomic mass is 10.2. The molecule has 2 aliphatic rings. The Bertz CT molecular complexity index is 272. The zero-order valence-electron chi connectivity index (χ0n) is 7.39. The lowest BCUT2D eigenvalue weighted by molar-refractivity contribution is -0.140. The zero-order chi connectivity index (χ0) is 10.1. The van der Waals surface area contributed by atoms with Gasteiger partial charge in [-0.1, -0.05) is 5.59 Å². The van der Waals surface area contributed by atoms with E-state index in [2.05, 4.69) is 5.59 Å². The molecule has 6 nitrogen and oxygen atoms in total. The van der Waals surface area contributed by atoms with Crippen LogP contribution in [-0.4, -0.2) is 34.8 Å². The molecule has 2 unspecified atom stereocenters. The number of carbonyl (C=O) groups excluding carboxylic acids is 1. The van der Waals surface area contributed by atoms with Gasteiger partial charge < -0.3 is 10.6 Å². The van der Waals surface area contributed by atoms with Gasteiger partial charge in [-0.2, -0.15) is 5.01 Å². The van der Waals surface area contributed by atoms with Gasteiger partial charge in [0.05, 0.1) is 12.7 Å². The number of hydrazine groups is 2. The molecule has 14 heavy (non-hydrogen) atoms. The molecule has 2 atom stereocenters. The molecule has 78 valence electrons. The molecule has 0 bridgehead atoms. The summed E-state index contributed by atoms with van der Waals surface area (Å²) in [5.74, 6) is -0.535. The summed E-state index contributed by atoms with van der Waals surface area (Å²) in [5, 5.41) is 2.91. The summed E-state index contributed by atoms with van der Waals surface area (Å²) in [6, 6.07) is -0.621. The number of carbonyl (C=O) groups is 1. The number of nitrogens with zero attached hydrogens (tertiary/aromatic N) is 2. The highest BCUT2D eigenvalue weighted by atomic mass is 19.1. The largest absolute Gasteiger partial charge is 0.394 e. The summed E-state index contributed by atoms with van der Waals surface area (Å²) in [4.78, 5) is 15.7. The van der Waals surface area contributed by atoms with Crippen molar-refractivity contribution in [3.05, 3.63) is 12.5 Å². The van der Waals surface area contributed by atoms with Crippen LogP contribution in [0.25, 0.3) is 0 Å². The number of nitrogens with two attached hydrogens (primary N) is 1. The first-order chi connectivity index (χ1) is 6.68. The number of primary amides is 1. The van der Waals surface area contributed by atoms with Crippen LogP contribution in [0.5, 0.6) is 0 Å². The molecule has 0 saturated carbocycles. The van der Waals surface area contributed by atoms with Crippen LogP contribution in [0.4, 0.5) is 4.39 Å². The van der Waals surface area contributed by atoms with Crippen molar-refractivity contribution in [2.75, 3.05) is 6.54 Å². The second-order valence-corrected chi connectivity index (χ2v) is 3.21. The third-order valence-electron chi connectivity index (χ3n) is 2.25. The average molecular weight is 202 g/mol. The van der Waals surface area contributed by atoms with Crippen molar-refractivity contribution in [1.82, 2.24) is 15.7 Å². The van der Waals surface area contributed by atoms with Gasteiger partial charge in [0.1, 0.15) is 18.5 Å². The van der Waals surface area contributed by atoms with Crippen LogP contribution in [0.15, 0.2) is 12.5 Å². The molecule has 2 aliphatic heterocycles. The van der Waals surface area contributed by atoms with Gasteiger partial charge in [-0.3, -0.25) is 4.79 Å². The molecule has 7 heteroatoms. The van der Waals surface area contributed by atoms with Crippen molar-refractivity contribution < 1.29 is 14.0 Å². The molecule has 1 saturated heterocycles. The minimum atomic E-state index is -1.04. The number of rotatable bonds is 2. The Morgan fingerprint density at radius 2 is 2.50 bits per heavy atom. The Kier molecular flexibility index (Phi) is 2.26. The number of hydrogen-bond donors (Lipinski definition) is 2. The summed E-state index contributed by atoms with van der Waals surface area (Å²) in [7, 11) is 0. The SMILES string of the molecule is NC(=O)C1CC(F)CN1N1C=CON1. The van der Waals surface area contributed by atoms with E-state index in [1.165, 1.54) is 16.4 Å². The van der Waals surface area contributed by atoms with Crippen molar-refractivity contribution >= 4 is 5.91 Å². The second kappa shape index (κ2) is 3.43. The zero-order valence-corrected chi connectivity index (χ0v) is 7.39. The highest BCUT2D eigenvalue weighted by molar-refractivity contribution is 5.80. The lowest BCUT2D eigenvalue weighted by Gasteiger charge is -2.28. The number of hydrogen-bond acceptors (Lipinski definition) is 5. The highest BCUT2D eigenvalue weighted by Crippen LogP contribution is 2.22. The van der Waals surface area contributed by atoms with E-state index in [-0.39, 0.29) is 13.0 Å². The van der Waals surface area contributed by atoms with E-state index in [0.29, 0.717) is 0 Å². The molecule has 0 aromatic heterocycles. The fourth-order valence-corrected chi connectivity index (χ4v) is 1.61. The molecule has 0 radical (unpaired) electrons. The molecule has 0 aromatic carbocycles. The number of halogens is 1. The molecule has 1 amide bonds. The standard InChI is InChI=1S/C7H11FN4O2/c8-5-3-6(7(9)13)11(4-5)12-1-2-14-10-12/h1-2,5-6,10H,3-4H2,(H2,9,13). The van der Waals surface area contributed by atoms with Gasteiger partial charge in [0.25, 0.3) is 0 Å². The number of amides is 1. The van der Waals surface area contributed by atoms with Gasteiger partial charge >= 0.3 is 0 Å². The Labute approximate surface area is 80.0 Å². The third-order valence-corrected chi connectivity index (χ3v) is 2.25. The van der Waals surface area contributed by atoms with Gasteiger partial charge in [0.15, 0.2) is 0 Å². The van der Waals surface area contributed by atoms with E-state index in [4.69, 9.17) is 10.6 Å². The highest BCUT2D eigenvalue weighted by Gasteiger charge is 2.39. The maximum Gasteiger partial charge on any atom is 0.236 e. The molecule has 1 fully saturated rings. The summed E-state index contributed by atoms with van der Waals surface area (Å²) >= 11 is 0. The molecular weight excluding hydrogens is 191 g/mol. The van der Waals surface area contributed by atoms with Gasteiger partial charge in [0, 0.05) is 6.42 Å². The minimum absolute atomic E-state index is 0.126. The van der Waals surface area contributed by atoms with Crippen LogP contribution < -0.4 is 11.3 Å². The van der Waals surface area contributed by atoms with Gasteiger partial charge in [-0.25, -0.2) is 9.51 Å². The van der Waals surface area contributed by atoms with Crippen LogP contribution in [0, 0.1) is 0 Å². The fourth-order valence-electron chi connectivity index (χ4n) is 1.61. The first kappa shape index (κ1) is 9.22. The first-order valence-electron chi connectivity index (χ1n) is 4.25. The summed E-state index contributed by atoms with van der Waals surface area (Å²) in [6.07, 6.45) is 2.03. The normalized spacial score (nSPS) is 32.2. The lowest BCUT2D eigenvalue weighted by Crippen LogP contribution is -2.51. The smallest absolute Gasteiger partial charge is 0.236 e. The summed E-state index contributed by atoms with van der Waals surface area (Å²) in [6.45, 7) is 0.133. The molecule has 0 aliphatic carbocycles. The molecule has 3 N–H and O–H groups in total. The van der Waals surface area contributed by atoms with Crippen LogP contribution in [-0.2, 0) is 9.63 Å². The van der Waals surface area contributed by atoms with Gasteiger partial charge in [0.2, 0.25) is 5.91 Å². The van der Waals surface area contributed by atoms with Crippen molar-refractivity contribution in [2.24, 2.45) is 5.73 Å². The van der Waals surface area contributed by atoms with Crippen molar-refractivity contribution in [2.45, 2.75) is 18.6 Å². The quantitative estimate of drug-likeness (QED) is 0.602. The predicted octanol–water partition coefficient (Wildman–Crippen LogP) is -0.978. The molecule has 2 heterocycles. The Morgan fingerprint density at radius 3 is 3.07 bits per heavy atom. The average Bonchev–Trinajstić information content (AvgIpc) is 2.70. The predicted molar refractivity (Wildman–Crippen MR) is 44.4 cm³/mol. The van der Waals surface area contributed by atoms with E-state index in [1.807, 2.05) is 0 Å². The van der Waals surface area contributed by atoms with Crippen molar-refractivity contribution in [3.63, 3.8) is 0 Å². The van der Waals surface area contributed by atoms with E-state index < -0.39 is 18.1 Å². The van der Waals surface area contributed by atoms with Crippen molar-refractivity contribution in [3.8, 4) is 0 Å². The maximum atomic E-state index is 13.1. The van der Waals surface area contributed by atoms with Crippen molar-refractivity contribution in [1.29, 1.82) is 0 Å². The van der Waals surface area contributed by atoms with E-state index in [1.54, 1.807) is 6.20 Å². The molecule has 0 spiro atoms. The minimum Gasteiger partial charge on any atom is -0.394 e. The van der Waals surface area contributed by atoms with E-state index in [9.17, 15) is 9.18 Å². The molecule has 2 rings (SSSR count). The van der Waals surface area contributed by atoms with Crippen LogP contribution in [0.3, 0.4) is 0 Å². The third kappa shape index (κ3) is 1.51. The number of nitrogens with one attached hydrogen (secondary N) is 1. The Morgan fingerprint density at radius 1 is 1.71 bits per heavy atom. The second-order valence-electron chi connectivity index (χ2n) is 3.21. The van der Waals surface area contributed by atoms with Gasteiger partial charge in [-0.15, -0.1) is 0 Å².